The van der Waals surface area contributed by atoms with E-state index < -0.39 is 12.1 Å². The maximum absolute atomic E-state index is 12.5. The van der Waals surface area contributed by atoms with Crippen molar-refractivity contribution in [2.75, 3.05) is 26.2 Å². The first-order valence-electron chi connectivity index (χ1n) is 10.5. The van der Waals surface area contributed by atoms with Crippen molar-refractivity contribution in [3.05, 3.63) is 40.6 Å². The number of nitrogens with zero attached hydrogens (tertiary/aromatic N) is 3. The molecular weight excluding hydrogens is 445 g/mol. The van der Waals surface area contributed by atoms with E-state index in [-0.39, 0.29) is 0 Å². The quantitative estimate of drug-likeness (QED) is 0.695. The number of hydrogen-bond donors (Lipinski definition) is 2. The van der Waals surface area contributed by atoms with Crippen LogP contribution in [0.2, 0.25) is 0 Å². The topological polar surface area (TPSA) is 89.5 Å². The average molecular weight is 473 g/mol. The predicted octanol–water partition coefficient (Wildman–Crippen LogP) is 3.55. The molecule has 1 spiro atoms. The van der Waals surface area contributed by atoms with E-state index in [9.17, 15) is 18.0 Å². The maximum atomic E-state index is 12.5. The summed E-state index contributed by atoms with van der Waals surface area (Å²) in [6.07, 6.45) is 3.72. The standard InChI is InChI=1S/C19H26N4OS.C2HF3O2/c24-18(4-3-16-2-1-8-20-16)23-11-6-19(7-12-23)5-10-22(15-19)14-17-21-9-13-25-17;3-2(4,5)1(6)7/h1-2,8-9,13,20H,3-7,10-12,14-15H2;(H,6,7). The molecule has 176 valence electrons. The van der Waals surface area contributed by atoms with Crippen LogP contribution in [0.5, 0.6) is 0 Å². The molecule has 2 aromatic rings. The van der Waals surface area contributed by atoms with Crippen molar-refractivity contribution in [2.24, 2.45) is 5.41 Å². The van der Waals surface area contributed by atoms with Gasteiger partial charge < -0.3 is 15.0 Å². The number of H-pyrrole nitrogens is 1. The number of hydrogen-bond acceptors (Lipinski definition) is 5. The lowest BCUT2D eigenvalue weighted by molar-refractivity contribution is -0.192. The minimum atomic E-state index is -5.08. The number of thiazole rings is 1. The van der Waals surface area contributed by atoms with Crippen molar-refractivity contribution >= 4 is 23.2 Å². The van der Waals surface area contributed by atoms with E-state index >= 15 is 0 Å². The number of alkyl halides is 3. The van der Waals surface area contributed by atoms with Crippen molar-refractivity contribution in [2.45, 2.75) is 44.8 Å². The van der Waals surface area contributed by atoms with E-state index in [2.05, 4.69) is 25.1 Å². The van der Waals surface area contributed by atoms with Crippen molar-refractivity contribution in [3.8, 4) is 0 Å². The Hall–Kier alpha value is -2.40. The Balaban J connectivity index is 0.000000360. The van der Waals surface area contributed by atoms with E-state index in [0.29, 0.717) is 17.7 Å². The molecule has 2 fully saturated rings. The zero-order chi connectivity index (χ0) is 23.2. The van der Waals surface area contributed by atoms with Gasteiger partial charge in [-0.2, -0.15) is 13.2 Å². The number of carboxylic acid groups (broad SMARTS) is 1. The maximum Gasteiger partial charge on any atom is 0.490 e. The number of carbonyl (C=O) groups is 2. The van der Waals surface area contributed by atoms with Gasteiger partial charge in [0.1, 0.15) is 5.01 Å². The number of nitrogens with one attached hydrogen (secondary N) is 1. The minimum Gasteiger partial charge on any atom is -0.475 e. The van der Waals surface area contributed by atoms with Gasteiger partial charge in [-0.25, -0.2) is 9.78 Å². The van der Waals surface area contributed by atoms with Crippen LogP contribution in [-0.4, -0.2) is 69.1 Å². The van der Waals surface area contributed by atoms with E-state index in [0.717, 1.165) is 51.1 Å². The largest absolute Gasteiger partial charge is 0.490 e. The molecular formula is C21H27F3N4O3S. The highest BCUT2D eigenvalue weighted by atomic mass is 32.1. The van der Waals surface area contributed by atoms with E-state index in [1.165, 1.54) is 18.0 Å². The Morgan fingerprint density at radius 3 is 2.47 bits per heavy atom. The lowest BCUT2D eigenvalue weighted by Gasteiger charge is -2.39. The number of aromatic amines is 1. The van der Waals surface area contributed by atoms with Gasteiger partial charge in [-0.1, -0.05) is 0 Å². The number of amides is 1. The number of rotatable bonds is 5. The fraction of sp³-hybridized carbons (Fsp3) is 0.571. The Kier molecular flexibility index (Phi) is 7.94. The Labute approximate surface area is 188 Å². The molecule has 0 aliphatic carbocycles. The van der Waals surface area contributed by atoms with Crippen molar-refractivity contribution in [1.29, 1.82) is 0 Å². The van der Waals surface area contributed by atoms with Gasteiger partial charge in [0, 0.05) is 49.5 Å². The zero-order valence-corrected chi connectivity index (χ0v) is 18.4. The lowest BCUT2D eigenvalue weighted by atomic mass is 9.77. The highest BCUT2D eigenvalue weighted by Gasteiger charge is 2.41. The van der Waals surface area contributed by atoms with Gasteiger partial charge in [0.25, 0.3) is 0 Å². The van der Waals surface area contributed by atoms with Gasteiger partial charge in [0.2, 0.25) is 5.91 Å². The van der Waals surface area contributed by atoms with E-state index in [1.54, 1.807) is 11.3 Å². The molecule has 4 rings (SSSR count). The monoisotopic (exact) mass is 472 g/mol. The number of aryl methyl sites for hydroxylation is 1. The molecule has 0 atom stereocenters. The van der Waals surface area contributed by atoms with E-state index in [1.807, 2.05) is 24.5 Å². The Morgan fingerprint density at radius 1 is 1.22 bits per heavy atom. The fourth-order valence-electron chi connectivity index (χ4n) is 4.25. The average Bonchev–Trinajstić information content (AvgIpc) is 3.50. The predicted molar refractivity (Wildman–Crippen MR) is 113 cm³/mol. The van der Waals surface area contributed by atoms with E-state index in [4.69, 9.17) is 9.90 Å². The molecule has 2 aliphatic rings. The third kappa shape index (κ3) is 6.80. The van der Waals surface area contributed by atoms with Crippen LogP contribution in [0.3, 0.4) is 0 Å². The first-order valence-corrected chi connectivity index (χ1v) is 11.4. The number of carbonyl (C=O) groups excluding carboxylic acids is 1. The first-order chi connectivity index (χ1) is 15.2. The van der Waals surface area contributed by atoms with Crippen LogP contribution >= 0.6 is 11.3 Å². The summed E-state index contributed by atoms with van der Waals surface area (Å²) in [7, 11) is 0. The molecule has 2 saturated heterocycles. The summed E-state index contributed by atoms with van der Waals surface area (Å²) in [5.74, 6) is -2.45. The molecule has 2 aromatic heterocycles. The molecule has 32 heavy (non-hydrogen) atoms. The molecule has 2 aliphatic heterocycles. The van der Waals surface area contributed by atoms with Gasteiger partial charge in [0.15, 0.2) is 0 Å². The summed E-state index contributed by atoms with van der Waals surface area (Å²) in [5.41, 5.74) is 1.57. The lowest BCUT2D eigenvalue weighted by Crippen LogP contribution is -2.44. The molecule has 0 radical (unpaired) electrons. The summed E-state index contributed by atoms with van der Waals surface area (Å²) in [4.78, 5) is 33.6. The summed E-state index contributed by atoms with van der Waals surface area (Å²) in [6.45, 7) is 5.17. The molecule has 0 saturated carbocycles. The molecule has 0 aromatic carbocycles. The normalized spacial score (nSPS) is 18.4. The number of carboxylic acids is 1. The molecule has 0 bridgehead atoms. The van der Waals surface area contributed by atoms with Crippen LogP contribution < -0.4 is 0 Å². The van der Waals surface area contributed by atoms with Gasteiger partial charge in [-0.3, -0.25) is 9.69 Å². The Morgan fingerprint density at radius 2 is 1.91 bits per heavy atom. The van der Waals surface area contributed by atoms with Gasteiger partial charge >= 0.3 is 12.1 Å². The fourth-order valence-corrected chi connectivity index (χ4v) is 4.90. The number of likely N-dealkylation sites (tertiary alicyclic amines) is 2. The summed E-state index contributed by atoms with van der Waals surface area (Å²) in [5, 5.41) is 10.4. The van der Waals surface area contributed by atoms with Crippen LogP contribution in [0.4, 0.5) is 13.2 Å². The molecule has 11 heteroatoms. The van der Waals surface area contributed by atoms with Crippen LogP contribution in [0.25, 0.3) is 0 Å². The van der Waals surface area contributed by atoms with Crippen molar-refractivity contribution in [3.63, 3.8) is 0 Å². The van der Waals surface area contributed by atoms with Crippen molar-refractivity contribution in [1.82, 2.24) is 19.8 Å². The number of halogens is 3. The van der Waals surface area contributed by atoms with Gasteiger partial charge in [-0.15, -0.1) is 11.3 Å². The van der Waals surface area contributed by atoms with Crippen LogP contribution in [-0.2, 0) is 22.6 Å². The molecule has 0 unspecified atom stereocenters. The van der Waals surface area contributed by atoms with Crippen LogP contribution in [0, 0.1) is 5.41 Å². The molecule has 1 amide bonds. The smallest absolute Gasteiger partial charge is 0.475 e. The third-order valence-electron chi connectivity index (χ3n) is 6.05. The van der Waals surface area contributed by atoms with Gasteiger partial charge in [0.05, 0.1) is 6.54 Å². The highest BCUT2D eigenvalue weighted by molar-refractivity contribution is 7.09. The summed E-state index contributed by atoms with van der Waals surface area (Å²) < 4.78 is 31.7. The second-order valence-corrected chi connectivity index (χ2v) is 9.24. The summed E-state index contributed by atoms with van der Waals surface area (Å²) >= 11 is 1.75. The second-order valence-electron chi connectivity index (χ2n) is 8.27. The number of piperidine rings is 1. The van der Waals surface area contributed by atoms with Crippen LogP contribution in [0.1, 0.15) is 36.4 Å². The highest BCUT2D eigenvalue weighted by Crippen LogP contribution is 2.41. The van der Waals surface area contributed by atoms with Crippen LogP contribution in [0.15, 0.2) is 29.9 Å². The molecule has 4 heterocycles. The first kappa shape index (κ1) is 24.2. The van der Waals surface area contributed by atoms with Crippen molar-refractivity contribution < 1.29 is 27.9 Å². The number of aliphatic carboxylic acids is 1. The second kappa shape index (κ2) is 10.5. The minimum absolute atomic E-state index is 0.307. The third-order valence-corrected chi connectivity index (χ3v) is 6.81. The SMILES string of the molecule is O=C(CCc1ccc[nH]1)N1CCC2(CCN(Cc3nccs3)C2)CC1.O=C(O)C(F)(F)F. The Bertz CT molecular complexity index is 863. The van der Waals surface area contributed by atoms with Gasteiger partial charge in [-0.05, 0) is 49.8 Å². The molecule has 7 nitrogen and oxygen atoms in total. The number of aromatic nitrogens is 2. The summed E-state index contributed by atoms with van der Waals surface area (Å²) in [6, 6.07) is 4.04. The zero-order valence-electron chi connectivity index (χ0n) is 17.6. The molecule has 2 N–H and O–H groups in total.